The molecular weight excluding hydrogens is 361 g/mol. The van der Waals surface area contributed by atoms with Crippen LogP contribution in [0.15, 0.2) is 36.4 Å². The molecule has 1 amide bonds. The molecule has 0 aliphatic carbocycles. The molecule has 0 aromatic heterocycles. The van der Waals surface area contributed by atoms with Crippen LogP contribution in [0.1, 0.15) is 16.8 Å². The molecule has 0 aliphatic rings. The Morgan fingerprint density at radius 2 is 1.70 bits per heavy atom. The van der Waals surface area contributed by atoms with Gasteiger partial charge in [-0.2, -0.15) is 0 Å². The van der Waals surface area contributed by atoms with Gasteiger partial charge >= 0.3 is 0 Å². The lowest BCUT2D eigenvalue weighted by Gasteiger charge is -2.11. The van der Waals surface area contributed by atoms with Crippen molar-refractivity contribution in [2.75, 3.05) is 13.2 Å². The van der Waals surface area contributed by atoms with E-state index in [-0.39, 0.29) is 21.7 Å². The predicted octanol–water partition coefficient (Wildman–Crippen LogP) is 4.55. The van der Waals surface area contributed by atoms with E-state index in [4.69, 9.17) is 39.5 Å². The second-order valence-electron chi connectivity index (χ2n) is 4.70. The van der Waals surface area contributed by atoms with Crippen molar-refractivity contribution < 1.29 is 14.6 Å². The summed E-state index contributed by atoms with van der Waals surface area (Å²) in [5, 5.41) is 13.2. The van der Waals surface area contributed by atoms with Gasteiger partial charge in [-0.05, 0) is 30.7 Å². The van der Waals surface area contributed by atoms with Crippen molar-refractivity contribution in [3.8, 4) is 11.5 Å². The van der Waals surface area contributed by atoms with Gasteiger partial charge in [0, 0.05) is 29.3 Å². The zero-order valence-corrected chi connectivity index (χ0v) is 14.3. The third-order valence-electron chi connectivity index (χ3n) is 2.94. The smallest absolute Gasteiger partial charge is 0.251 e. The van der Waals surface area contributed by atoms with Gasteiger partial charge in [0.2, 0.25) is 0 Å². The average molecular weight is 375 g/mol. The lowest BCUT2D eigenvalue weighted by molar-refractivity contribution is 0.0951. The van der Waals surface area contributed by atoms with E-state index in [1.807, 2.05) is 0 Å². The molecule has 2 aromatic rings. The molecule has 0 saturated heterocycles. The molecule has 0 spiro atoms. The van der Waals surface area contributed by atoms with Gasteiger partial charge in [0.15, 0.2) is 5.75 Å². The van der Waals surface area contributed by atoms with E-state index < -0.39 is 0 Å². The molecule has 0 fully saturated rings. The molecule has 2 aromatic carbocycles. The molecule has 7 heteroatoms. The van der Waals surface area contributed by atoms with Crippen molar-refractivity contribution in [3.05, 3.63) is 57.0 Å². The van der Waals surface area contributed by atoms with Crippen LogP contribution in [0.25, 0.3) is 0 Å². The van der Waals surface area contributed by atoms with Gasteiger partial charge in [0.05, 0.1) is 16.7 Å². The minimum Gasteiger partial charge on any atom is -0.508 e. The SMILES string of the molecule is O=C(NCCCOc1c(Cl)cc(O)cc1Cl)c1ccc(Cl)cc1. The van der Waals surface area contributed by atoms with Gasteiger partial charge in [0.1, 0.15) is 5.75 Å². The summed E-state index contributed by atoms with van der Waals surface area (Å²) in [6.07, 6.45) is 0.576. The van der Waals surface area contributed by atoms with E-state index in [0.717, 1.165) is 0 Å². The lowest BCUT2D eigenvalue weighted by atomic mass is 10.2. The number of ether oxygens (including phenoxy) is 1. The van der Waals surface area contributed by atoms with Crippen molar-refractivity contribution in [1.82, 2.24) is 5.32 Å². The van der Waals surface area contributed by atoms with Gasteiger partial charge in [-0.3, -0.25) is 4.79 Å². The Balaban J connectivity index is 1.76. The van der Waals surface area contributed by atoms with Gasteiger partial charge in [-0.1, -0.05) is 34.8 Å². The van der Waals surface area contributed by atoms with E-state index in [9.17, 15) is 9.90 Å². The van der Waals surface area contributed by atoms with Crippen molar-refractivity contribution in [2.24, 2.45) is 0 Å². The Labute approximate surface area is 148 Å². The summed E-state index contributed by atoms with van der Waals surface area (Å²) in [6.45, 7) is 0.764. The average Bonchev–Trinajstić information content (AvgIpc) is 2.49. The Kier molecular flexibility index (Phi) is 6.39. The van der Waals surface area contributed by atoms with Gasteiger partial charge in [-0.15, -0.1) is 0 Å². The van der Waals surface area contributed by atoms with Crippen molar-refractivity contribution >= 4 is 40.7 Å². The largest absolute Gasteiger partial charge is 0.508 e. The third-order valence-corrected chi connectivity index (χ3v) is 3.76. The molecule has 0 saturated carbocycles. The fourth-order valence-electron chi connectivity index (χ4n) is 1.84. The zero-order valence-electron chi connectivity index (χ0n) is 12.0. The molecule has 122 valence electrons. The fraction of sp³-hybridized carbons (Fsp3) is 0.188. The first-order valence-electron chi connectivity index (χ1n) is 6.82. The molecule has 0 atom stereocenters. The van der Waals surface area contributed by atoms with Crippen LogP contribution in [-0.4, -0.2) is 24.2 Å². The topological polar surface area (TPSA) is 58.6 Å². The molecule has 0 bridgehead atoms. The van der Waals surface area contributed by atoms with Crippen LogP contribution < -0.4 is 10.1 Å². The maximum absolute atomic E-state index is 11.9. The number of phenols is 1. The number of carbonyl (C=O) groups excluding carboxylic acids is 1. The Morgan fingerprint density at radius 1 is 1.09 bits per heavy atom. The quantitative estimate of drug-likeness (QED) is 0.729. The Morgan fingerprint density at radius 3 is 2.30 bits per heavy atom. The van der Waals surface area contributed by atoms with Crippen LogP contribution in [0.5, 0.6) is 11.5 Å². The summed E-state index contributed by atoms with van der Waals surface area (Å²) < 4.78 is 5.48. The highest BCUT2D eigenvalue weighted by Crippen LogP contribution is 2.36. The summed E-state index contributed by atoms with van der Waals surface area (Å²) >= 11 is 17.7. The molecule has 4 nitrogen and oxygen atoms in total. The molecule has 2 N–H and O–H groups in total. The number of nitrogens with one attached hydrogen (secondary N) is 1. The number of carbonyl (C=O) groups is 1. The third kappa shape index (κ3) is 5.20. The van der Waals surface area contributed by atoms with E-state index in [1.165, 1.54) is 12.1 Å². The molecule has 0 radical (unpaired) electrons. The van der Waals surface area contributed by atoms with E-state index in [2.05, 4.69) is 5.32 Å². The van der Waals surface area contributed by atoms with E-state index in [0.29, 0.717) is 35.9 Å². The van der Waals surface area contributed by atoms with Crippen LogP contribution in [0.2, 0.25) is 15.1 Å². The number of hydrogen-bond acceptors (Lipinski definition) is 3. The summed E-state index contributed by atoms with van der Waals surface area (Å²) in [5.74, 6) is 0.111. The number of hydrogen-bond donors (Lipinski definition) is 2. The van der Waals surface area contributed by atoms with E-state index in [1.54, 1.807) is 24.3 Å². The Bertz CT molecular complexity index is 666. The predicted molar refractivity (Wildman–Crippen MR) is 92.0 cm³/mol. The Hall–Kier alpha value is -1.62. The van der Waals surface area contributed by atoms with Gasteiger partial charge < -0.3 is 15.2 Å². The number of phenolic OH excluding ortho intramolecular Hbond substituents is 1. The van der Waals surface area contributed by atoms with Crippen LogP contribution in [0.4, 0.5) is 0 Å². The highest BCUT2D eigenvalue weighted by Gasteiger charge is 2.09. The number of rotatable bonds is 6. The van der Waals surface area contributed by atoms with Crippen LogP contribution in [-0.2, 0) is 0 Å². The number of amides is 1. The number of benzene rings is 2. The lowest BCUT2D eigenvalue weighted by Crippen LogP contribution is -2.25. The first-order chi connectivity index (χ1) is 11.0. The summed E-state index contributed by atoms with van der Waals surface area (Å²) in [4.78, 5) is 11.9. The van der Waals surface area contributed by atoms with Crippen LogP contribution in [0.3, 0.4) is 0 Å². The maximum Gasteiger partial charge on any atom is 0.251 e. The second-order valence-corrected chi connectivity index (χ2v) is 5.95. The first-order valence-corrected chi connectivity index (χ1v) is 7.95. The van der Waals surface area contributed by atoms with Crippen LogP contribution in [0, 0.1) is 0 Å². The molecule has 0 aliphatic heterocycles. The number of aromatic hydroxyl groups is 1. The second kappa shape index (κ2) is 8.29. The van der Waals surface area contributed by atoms with Crippen molar-refractivity contribution in [2.45, 2.75) is 6.42 Å². The molecule has 0 unspecified atom stereocenters. The standard InChI is InChI=1S/C16H14Cl3NO3/c17-11-4-2-10(3-5-11)16(22)20-6-1-7-23-15-13(18)8-12(21)9-14(15)19/h2-5,8-9,21H,1,6-7H2,(H,20,22). The first kappa shape index (κ1) is 17.7. The summed E-state index contributed by atoms with van der Waals surface area (Å²) in [5.41, 5.74) is 0.542. The molecule has 2 rings (SSSR count). The maximum atomic E-state index is 11.9. The highest BCUT2D eigenvalue weighted by molar-refractivity contribution is 6.37. The summed E-state index contributed by atoms with van der Waals surface area (Å²) in [7, 11) is 0. The minimum absolute atomic E-state index is 0.0254. The van der Waals surface area contributed by atoms with Crippen molar-refractivity contribution in [3.63, 3.8) is 0 Å². The molecule has 0 heterocycles. The highest BCUT2D eigenvalue weighted by atomic mass is 35.5. The summed E-state index contributed by atoms with van der Waals surface area (Å²) in [6, 6.07) is 9.34. The van der Waals surface area contributed by atoms with Crippen molar-refractivity contribution in [1.29, 1.82) is 0 Å². The monoisotopic (exact) mass is 373 g/mol. The normalized spacial score (nSPS) is 10.4. The number of halogens is 3. The van der Waals surface area contributed by atoms with Crippen LogP contribution >= 0.6 is 34.8 Å². The van der Waals surface area contributed by atoms with Gasteiger partial charge in [-0.25, -0.2) is 0 Å². The zero-order chi connectivity index (χ0) is 16.8. The molecule has 23 heavy (non-hydrogen) atoms. The van der Waals surface area contributed by atoms with Gasteiger partial charge in [0.25, 0.3) is 5.91 Å². The molecular formula is C16H14Cl3NO3. The fourth-order valence-corrected chi connectivity index (χ4v) is 2.55. The van der Waals surface area contributed by atoms with E-state index >= 15 is 0 Å². The minimum atomic E-state index is -0.178.